The van der Waals surface area contributed by atoms with Crippen LogP contribution >= 0.6 is 11.6 Å². The second kappa shape index (κ2) is 10.3. The van der Waals surface area contributed by atoms with Crippen LogP contribution in [0.2, 0.25) is 5.02 Å². The molecular formula is C30H31ClF3N3O4. The van der Waals surface area contributed by atoms with Gasteiger partial charge in [0.15, 0.2) is 0 Å². The van der Waals surface area contributed by atoms with Crippen LogP contribution in [-0.2, 0) is 27.8 Å². The molecule has 2 atom stereocenters. The fourth-order valence-corrected chi connectivity index (χ4v) is 7.05. The molecule has 1 aliphatic heterocycles. The highest BCUT2D eigenvalue weighted by atomic mass is 35.5. The molecule has 0 spiro atoms. The Morgan fingerprint density at radius 1 is 1.05 bits per heavy atom. The number of hydrogen-bond acceptors (Lipinski definition) is 4. The van der Waals surface area contributed by atoms with Crippen molar-refractivity contribution in [2.75, 3.05) is 13.1 Å². The average molecular weight is 590 g/mol. The van der Waals surface area contributed by atoms with Crippen LogP contribution in [0.15, 0.2) is 24.3 Å². The lowest BCUT2D eigenvalue weighted by Crippen LogP contribution is -2.37. The van der Waals surface area contributed by atoms with E-state index < -0.39 is 29.4 Å². The average Bonchev–Trinajstić information content (AvgIpc) is 3.43. The molecule has 7 nitrogen and oxygen atoms in total. The minimum atomic E-state index is -4.54. The number of benzene rings is 1. The Balaban J connectivity index is 1.43. The van der Waals surface area contributed by atoms with E-state index in [9.17, 15) is 32.7 Å². The van der Waals surface area contributed by atoms with E-state index in [0.29, 0.717) is 56.6 Å². The number of carbonyl (C=O) groups excluding carboxylic acids is 2. The van der Waals surface area contributed by atoms with Crippen molar-refractivity contribution in [2.24, 2.45) is 11.8 Å². The highest BCUT2D eigenvalue weighted by molar-refractivity contribution is 6.34. The molecule has 0 bridgehead atoms. The van der Waals surface area contributed by atoms with Crippen molar-refractivity contribution in [3.63, 3.8) is 0 Å². The van der Waals surface area contributed by atoms with Gasteiger partial charge in [-0.1, -0.05) is 29.8 Å². The first kappa shape index (κ1) is 28.0. The molecule has 2 aromatic rings. The molecule has 1 saturated carbocycles. The third kappa shape index (κ3) is 4.77. The van der Waals surface area contributed by atoms with E-state index in [1.807, 2.05) is 11.0 Å². The fourth-order valence-electron chi connectivity index (χ4n) is 6.79. The summed E-state index contributed by atoms with van der Waals surface area (Å²) in [6.45, 7) is 1.40. The number of amides is 1. The van der Waals surface area contributed by atoms with Gasteiger partial charge in [0.2, 0.25) is 5.91 Å². The van der Waals surface area contributed by atoms with Crippen molar-refractivity contribution >= 4 is 35.0 Å². The normalized spacial score (nSPS) is 23.6. The number of alkyl halides is 3. The van der Waals surface area contributed by atoms with E-state index in [-0.39, 0.29) is 47.2 Å². The number of aromatic nitrogens is 2. The number of carboxylic acids is 1. The zero-order chi connectivity index (χ0) is 29.1. The van der Waals surface area contributed by atoms with Gasteiger partial charge in [-0.25, -0.2) is 0 Å². The van der Waals surface area contributed by atoms with E-state index >= 15 is 0 Å². The molecule has 1 saturated heterocycles. The lowest BCUT2D eigenvalue weighted by Gasteiger charge is -2.27. The van der Waals surface area contributed by atoms with Gasteiger partial charge in [0, 0.05) is 31.0 Å². The molecule has 41 heavy (non-hydrogen) atoms. The predicted molar refractivity (Wildman–Crippen MR) is 145 cm³/mol. The summed E-state index contributed by atoms with van der Waals surface area (Å²) in [6, 6.07) is 4.17. The molecule has 2 heterocycles. The van der Waals surface area contributed by atoms with Crippen LogP contribution in [0.5, 0.6) is 0 Å². The Morgan fingerprint density at radius 3 is 2.37 bits per heavy atom. The lowest BCUT2D eigenvalue weighted by molar-refractivity contribution is -0.160. The van der Waals surface area contributed by atoms with Crippen molar-refractivity contribution in [3.8, 4) is 0 Å². The summed E-state index contributed by atoms with van der Waals surface area (Å²) < 4.78 is 43.7. The lowest BCUT2D eigenvalue weighted by atomic mass is 9.82. The summed E-state index contributed by atoms with van der Waals surface area (Å²) >= 11 is 6.45. The SMILES string of the molecule is O=C(O)C1CC=C(c2nn(C(=O)c3c(Cl)cccc3C3(C(F)(F)F)CC3)c3c2CCC(C(=O)N2CCCC2)C3)CC1. The van der Waals surface area contributed by atoms with Crippen molar-refractivity contribution in [1.29, 1.82) is 0 Å². The standard InChI is InChI=1S/C30H31ClF3N3O4/c31-22-5-3-4-21(29(12-13-29)30(32,33)34)24(22)27(39)37-23-16-19(26(38)36-14-1-2-15-36)10-11-20(23)25(35-37)17-6-8-18(9-7-17)28(40)41/h3-6,18-19H,1-2,7-16H2,(H,40,41). The quantitative estimate of drug-likeness (QED) is 0.475. The van der Waals surface area contributed by atoms with Crippen LogP contribution in [0, 0.1) is 11.8 Å². The summed E-state index contributed by atoms with van der Waals surface area (Å²) in [6.07, 6.45) is 1.49. The third-order valence-corrected chi connectivity index (χ3v) is 9.65. The van der Waals surface area contributed by atoms with Gasteiger partial charge in [0.25, 0.3) is 5.91 Å². The second-order valence-electron chi connectivity index (χ2n) is 11.7. The van der Waals surface area contributed by atoms with E-state index in [2.05, 4.69) is 5.10 Å². The number of nitrogens with zero attached hydrogens (tertiary/aromatic N) is 3. The van der Waals surface area contributed by atoms with Gasteiger partial charge < -0.3 is 10.0 Å². The molecule has 1 N–H and O–H groups in total. The largest absolute Gasteiger partial charge is 0.481 e. The first-order valence-corrected chi connectivity index (χ1v) is 14.6. The van der Waals surface area contributed by atoms with Crippen molar-refractivity contribution in [1.82, 2.24) is 14.7 Å². The molecule has 2 unspecified atom stereocenters. The number of halogens is 4. The van der Waals surface area contributed by atoms with E-state index in [1.54, 1.807) is 0 Å². The summed E-state index contributed by atoms with van der Waals surface area (Å²) in [5, 5.41) is 14.0. The maximum atomic E-state index is 14.2. The van der Waals surface area contributed by atoms with Crippen molar-refractivity contribution in [3.05, 3.63) is 57.4 Å². The molecule has 1 amide bonds. The zero-order valence-corrected chi connectivity index (χ0v) is 23.2. The topological polar surface area (TPSA) is 92.5 Å². The zero-order valence-electron chi connectivity index (χ0n) is 22.5. The molecule has 218 valence electrons. The highest BCUT2D eigenvalue weighted by Gasteiger charge is 2.65. The maximum absolute atomic E-state index is 14.2. The number of allylic oxidation sites excluding steroid dienone is 2. The second-order valence-corrected chi connectivity index (χ2v) is 12.2. The van der Waals surface area contributed by atoms with Gasteiger partial charge in [-0.2, -0.15) is 23.0 Å². The first-order valence-electron chi connectivity index (χ1n) is 14.2. The number of hydrogen-bond donors (Lipinski definition) is 1. The summed E-state index contributed by atoms with van der Waals surface area (Å²) in [7, 11) is 0. The number of carbonyl (C=O) groups is 3. The van der Waals surface area contributed by atoms with Gasteiger partial charge in [-0.05, 0) is 75.0 Å². The predicted octanol–water partition coefficient (Wildman–Crippen LogP) is 5.81. The summed E-state index contributed by atoms with van der Waals surface area (Å²) in [4.78, 5) is 40.9. The summed E-state index contributed by atoms with van der Waals surface area (Å²) in [5.41, 5.74) is 0.239. The van der Waals surface area contributed by atoms with Crippen LogP contribution in [-0.4, -0.2) is 56.8 Å². The first-order chi connectivity index (χ1) is 19.5. The molecule has 3 aliphatic carbocycles. The molecule has 1 aromatic carbocycles. The molecule has 11 heteroatoms. The van der Waals surface area contributed by atoms with Crippen LogP contribution in [0.25, 0.3) is 5.57 Å². The van der Waals surface area contributed by atoms with Crippen LogP contribution in [0.3, 0.4) is 0 Å². The monoisotopic (exact) mass is 589 g/mol. The Labute approximate surface area is 240 Å². The highest BCUT2D eigenvalue weighted by Crippen LogP contribution is 2.60. The molecule has 4 aliphatic rings. The van der Waals surface area contributed by atoms with E-state index in [1.165, 1.54) is 22.9 Å². The number of rotatable bonds is 5. The molecule has 0 radical (unpaired) electrons. The molecule has 1 aromatic heterocycles. The number of carboxylic acid groups (broad SMARTS) is 1. The van der Waals surface area contributed by atoms with Crippen LogP contribution in [0.4, 0.5) is 13.2 Å². The van der Waals surface area contributed by atoms with Gasteiger partial charge in [-0.15, -0.1) is 0 Å². The molecule has 6 rings (SSSR count). The van der Waals surface area contributed by atoms with Gasteiger partial charge in [0.1, 0.15) is 0 Å². The maximum Gasteiger partial charge on any atom is 0.398 e. The Morgan fingerprint density at radius 2 is 1.76 bits per heavy atom. The fraction of sp³-hybridized carbons (Fsp3) is 0.533. The molecular weight excluding hydrogens is 559 g/mol. The van der Waals surface area contributed by atoms with Crippen molar-refractivity contribution in [2.45, 2.75) is 75.8 Å². The molecule has 2 fully saturated rings. The Kier molecular flexibility index (Phi) is 7.03. The summed E-state index contributed by atoms with van der Waals surface area (Å²) in [5.74, 6) is -2.43. The smallest absolute Gasteiger partial charge is 0.398 e. The van der Waals surface area contributed by atoms with Crippen LogP contribution < -0.4 is 0 Å². The minimum Gasteiger partial charge on any atom is -0.481 e. The number of aliphatic carboxylic acids is 1. The van der Waals surface area contributed by atoms with Crippen molar-refractivity contribution < 1.29 is 32.7 Å². The Bertz CT molecular complexity index is 1450. The number of fused-ring (bicyclic) bond motifs is 1. The third-order valence-electron chi connectivity index (χ3n) is 9.33. The van der Waals surface area contributed by atoms with Crippen LogP contribution in [0.1, 0.15) is 84.2 Å². The number of likely N-dealkylation sites (tertiary alicyclic amines) is 1. The van der Waals surface area contributed by atoms with Gasteiger partial charge >= 0.3 is 12.1 Å². The Hall–Kier alpha value is -3.14. The van der Waals surface area contributed by atoms with Gasteiger partial charge in [0.05, 0.1) is 33.3 Å². The minimum absolute atomic E-state index is 0.0310. The van der Waals surface area contributed by atoms with Gasteiger partial charge in [-0.3, -0.25) is 14.4 Å². The van der Waals surface area contributed by atoms with E-state index in [4.69, 9.17) is 11.6 Å². The van der Waals surface area contributed by atoms with E-state index in [0.717, 1.165) is 24.0 Å².